The molecule has 1 aromatic rings. The third-order valence-corrected chi connectivity index (χ3v) is 8.15. The van der Waals surface area contributed by atoms with Crippen LogP contribution in [0, 0.1) is 0 Å². The molecule has 0 aliphatic rings. The van der Waals surface area contributed by atoms with E-state index in [0.29, 0.717) is 0 Å². The normalized spacial score (nSPS) is 12.8. The Bertz CT molecular complexity index is 369. The van der Waals surface area contributed by atoms with E-state index in [1.54, 1.807) is 0 Å². The van der Waals surface area contributed by atoms with Gasteiger partial charge in [0.15, 0.2) is 8.32 Å². The van der Waals surface area contributed by atoms with E-state index >= 15 is 0 Å². The minimum absolute atomic E-state index is 0.280. The second-order valence-corrected chi connectivity index (χ2v) is 10.9. The highest BCUT2D eigenvalue weighted by Crippen LogP contribution is 2.36. The van der Waals surface area contributed by atoms with Crippen molar-refractivity contribution >= 4 is 14.0 Å². The summed E-state index contributed by atoms with van der Waals surface area (Å²) in [5.74, 6) is 0. The van der Waals surface area contributed by atoms with E-state index in [4.69, 9.17) is 10.2 Å². The van der Waals surface area contributed by atoms with E-state index in [9.17, 15) is 0 Å². The van der Waals surface area contributed by atoms with E-state index in [1.165, 1.54) is 5.56 Å². The second-order valence-electron chi connectivity index (χ2n) is 6.10. The fourth-order valence-corrected chi connectivity index (χ4v) is 2.43. The molecule has 0 heterocycles. The van der Waals surface area contributed by atoms with Gasteiger partial charge in [-0.15, -0.1) is 0 Å². The zero-order chi connectivity index (χ0) is 13.1. The molecule has 0 saturated heterocycles. The van der Waals surface area contributed by atoms with Crippen LogP contribution in [0.25, 0.3) is 0 Å². The van der Waals surface area contributed by atoms with Crippen molar-refractivity contribution in [3.8, 4) is 0 Å². The van der Waals surface area contributed by atoms with Gasteiger partial charge in [-0.05, 0) is 42.2 Å². The number of hydrogen-bond donors (Lipinski definition) is 1. The van der Waals surface area contributed by atoms with E-state index in [1.807, 2.05) is 18.2 Å². The van der Waals surface area contributed by atoms with E-state index in [0.717, 1.165) is 18.7 Å². The molecule has 0 aliphatic carbocycles. The molecule has 1 rings (SSSR count). The minimum Gasteiger partial charge on any atom is -0.416 e. The number of nitrogen functional groups attached to an aromatic ring is 1. The van der Waals surface area contributed by atoms with Gasteiger partial charge in [0.05, 0.1) is 0 Å². The van der Waals surface area contributed by atoms with Gasteiger partial charge in [0.1, 0.15) is 0 Å². The Labute approximate surface area is 106 Å². The van der Waals surface area contributed by atoms with E-state index in [2.05, 4.69) is 39.9 Å². The van der Waals surface area contributed by atoms with Gasteiger partial charge in [0, 0.05) is 12.3 Å². The fourth-order valence-electron chi connectivity index (χ4n) is 1.39. The predicted octanol–water partition coefficient (Wildman–Crippen LogP) is 3.83. The maximum Gasteiger partial charge on any atom is 0.191 e. The van der Waals surface area contributed by atoms with Gasteiger partial charge < -0.3 is 10.2 Å². The SMILES string of the molecule is CC(C)(C)[Si](C)(C)OCCc1cccc(N)c1. The zero-order valence-electron chi connectivity index (χ0n) is 11.7. The molecular weight excluding hydrogens is 226 g/mol. The highest BCUT2D eigenvalue weighted by atomic mass is 28.4. The van der Waals surface area contributed by atoms with Crippen LogP contribution in [0.15, 0.2) is 24.3 Å². The van der Waals surface area contributed by atoms with Crippen LogP contribution < -0.4 is 5.73 Å². The monoisotopic (exact) mass is 251 g/mol. The van der Waals surface area contributed by atoms with Crippen molar-refractivity contribution < 1.29 is 4.43 Å². The summed E-state index contributed by atoms with van der Waals surface area (Å²) < 4.78 is 6.14. The lowest BCUT2D eigenvalue weighted by Crippen LogP contribution is -2.41. The first kappa shape index (κ1) is 14.3. The summed E-state index contributed by atoms with van der Waals surface area (Å²) in [4.78, 5) is 0. The van der Waals surface area contributed by atoms with Gasteiger partial charge in [-0.3, -0.25) is 0 Å². The standard InChI is InChI=1S/C14H25NOSi/c1-14(2,3)17(4,5)16-10-9-12-7-6-8-13(15)11-12/h6-8,11H,9-10,15H2,1-5H3. The predicted molar refractivity (Wildman–Crippen MR) is 77.7 cm³/mol. The van der Waals surface area contributed by atoms with Gasteiger partial charge in [-0.1, -0.05) is 32.9 Å². The molecule has 0 aliphatic heterocycles. The number of hydrogen-bond acceptors (Lipinski definition) is 2. The lowest BCUT2D eigenvalue weighted by Gasteiger charge is -2.36. The van der Waals surface area contributed by atoms with Crippen molar-refractivity contribution in [3.63, 3.8) is 0 Å². The average Bonchev–Trinajstić information content (AvgIpc) is 2.15. The molecule has 3 heteroatoms. The lowest BCUT2D eigenvalue weighted by atomic mass is 10.1. The van der Waals surface area contributed by atoms with Gasteiger partial charge in [-0.2, -0.15) is 0 Å². The van der Waals surface area contributed by atoms with Crippen LogP contribution >= 0.6 is 0 Å². The van der Waals surface area contributed by atoms with Crippen LogP contribution in [0.3, 0.4) is 0 Å². The number of benzene rings is 1. The molecule has 2 N–H and O–H groups in total. The lowest BCUT2D eigenvalue weighted by molar-refractivity contribution is 0.292. The Hall–Kier alpha value is -0.803. The highest BCUT2D eigenvalue weighted by Gasteiger charge is 2.36. The largest absolute Gasteiger partial charge is 0.416 e. The third-order valence-electron chi connectivity index (χ3n) is 3.61. The molecule has 0 amide bonds. The molecule has 0 bridgehead atoms. The summed E-state index contributed by atoms with van der Waals surface area (Å²) in [7, 11) is -1.60. The molecule has 0 spiro atoms. The number of nitrogens with two attached hydrogens (primary N) is 1. The average molecular weight is 251 g/mol. The first-order valence-electron chi connectivity index (χ1n) is 6.21. The molecule has 2 nitrogen and oxygen atoms in total. The second kappa shape index (κ2) is 5.23. The van der Waals surface area contributed by atoms with Crippen LogP contribution in [0.5, 0.6) is 0 Å². The Morgan fingerprint density at radius 3 is 2.41 bits per heavy atom. The first-order chi connectivity index (χ1) is 7.72. The molecular formula is C14H25NOSi. The smallest absolute Gasteiger partial charge is 0.191 e. The van der Waals surface area contributed by atoms with Crippen molar-refractivity contribution in [1.82, 2.24) is 0 Å². The molecule has 17 heavy (non-hydrogen) atoms. The van der Waals surface area contributed by atoms with Crippen LogP contribution in [-0.2, 0) is 10.8 Å². The zero-order valence-corrected chi connectivity index (χ0v) is 12.7. The van der Waals surface area contributed by atoms with Crippen molar-refractivity contribution in [2.45, 2.75) is 45.3 Å². The van der Waals surface area contributed by atoms with Crippen LogP contribution in [0.4, 0.5) is 5.69 Å². The summed E-state index contributed by atoms with van der Waals surface area (Å²) in [6.45, 7) is 12.2. The van der Waals surface area contributed by atoms with E-state index < -0.39 is 8.32 Å². The first-order valence-corrected chi connectivity index (χ1v) is 9.11. The number of anilines is 1. The quantitative estimate of drug-likeness (QED) is 0.652. The molecule has 0 atom stereocenters. The summed E-state index contributed by atoms with van der Waals surface area (Å²) in [5.41, 5.74) is 7.84. The third kappa shape index (κ3) is 4.17. The molecule has 1 aromatic carbocycles. The minimum atomic E-state index is -1.60. The molecule has 0 fully saturated rings. The molecule has 0 unspecified atom stereocenters. The molecule has 96 valence electrons. The van der Waals surface area contributed by atoms with Crippen LogP contribution in [-0.4, -0.2) is 14.9 Å². The van der Waals surface area contributed by atoms with Crippen molar-refractivity contribution in [2.75, 3.05) is 12.3 Å². The van der Waals surface area contributed by atoms with Gasteiger partial charge >= 0.3 is 0 Å². The molecule has 0 saturated carbocycles. The van der Waals surface area contributed by atoms with Gasteiger partial charge in [0.25, 0.3) is 0 Å². The summed E-state index contributed by atoms with van der Waals surface area (Å²) >= 11 is 0. The fraction of sp³-hybridized carbons (Fsp3) is 0.571. The van der Waals surface area contributed by atoms with E-state index in [-0.39, 0.29) is 5.04 Å². The van der Waals surface area contributed by atoms with Gasteiger partial charge in [-0.25, -0.2) is 0 Å². The Morgan fingerprint density at radius 1 is 1.24 bits per heavy atom. The Kier molecular flexibility index (Phi) is 4.39. The number of rotatable bonds is 4. The maximum atomic E-state index is 6.14. The topological polar surface area (TPSA) is 35.2 Å². The maximum absolute atomic E-state index is 6.14. The summed E-state index contributed by atoms with van der Waals surface area (Å²) in [6.07, 6.45) is 0.942. The summed E-state index contributed by atoms with van der Waals surface area (Å²) in [5, 5.41) is 0.280. The van der Waals surface area contributed by atoms with Crippen molar-refractivity contribution in [2.24, 2.45) is 0 Å². The van der Waals surface area contributed by atoms with Crippen LogP contribution in [0.1, 0.15) is 26.3 Å². The Morgan fingerprint density at radius 2 is 1.88 bits per heavy atom. The van der Waals surface area contributed by atoms with Crippen LogP contribution in [0.2, 0.25) is 18.1 Å². The van der Waals surface area contributed by atoms with Crippen molar-refractivity contribution in [1.29, 1.82) is 0 Å². The summed E-state index contributed by atoms with van der Waals surface area (Å²) in [6, 6.07) is 8.04. The Balaban J connectivity index is 2.48. The van der Waals surface area contributed by atoms with Gasteiger partial charge in [0.2, 0.25) is 0 Å². The molecule has 0 radical (unpaired) electrons. The molecule has 0 aromatic heterocycles. The highest BCUT2D eigenvalue weighted by molar-refractivity contribution is 6.74. The van der Waals surface area contributed by atoms with Crippen molar-refractivity contribution in [3.05, 3.63) is 29.8 Å².